The van der Waals surface area contributed by atoms with Gasteiger partial charge in [0.2, 0.25) is 0 Å². The number of anilines is 1. The van der Waals surface area contributed by atoms with Crippen LogP contribution in [-0.2, 0) is 0 Å². The van der Waals surface area contributed by atoms with Crippen molar-refractivity contribution in [3.63, 3.8) is 0 Å². The summed E-state index contributed by atoms with van der Waals surface area (Å²) in [7, 11) is 0. The van der Waals surface area contributed by atoms with Crippen LogP contribution in [0, 0.1) is 0 Å². The van der Waals surface area contributed by atoms with Gasteiger partial charge in [-0.25, -0.2) is 4.98 Å². The van der Waals surface area contributed by atoms with Gasteiger partial charge in [0.05, 0.1) is 10.6 Å². The molecule has 0 bridgehead atoms. The van der Waals surface area contributed by atoms with Crippen molar-refractivity contribution in [3.8, 4) is 0 Å². The molecule has 1 N–H and O–H groups in total. The number of rotatable bonds is 4. The summed E-state index contributed by atoms with van der Waals surface area (Å²) in [6.07, 6.45) is 7.49. The van der Waals surface area contributed by atoms with Crippen LogP contribution in [0.4, 0.5) is 5.13 Å². The quantitative estimate of drug-likeness (QED) is 0.816. The number of nitrogens with zero attached hydrogens (tertiary/aromatic N) is 1. The van der Waals surface area contributed by atoms with Crippen molar-refractivity contribution in [1.29, 1.82) is 0 Å². The van der Waals surface area contributed by atoms with Gasteiger partial charge in [-0.2, -0.15) is 0 Å². The topological polar surface area (TPSA) is 24.9 Å². The maximum absolute atomic E-state index is 4.44. The highest BCUT2D eigenvalue weighted by molar-refractivity contribution is 7.16. The first-order chi connectivity index (χ1) is 6.83. The second kappa shape index (κ2) is 3.96. The normalized spacial score (nSPS) is 16.0. The van der Waals surface area contributed by atoms with Crippen LogP contribution in [0.5, 0.6) is 0 Å². The van der Waals surface area contributed by atoms with E-state index < -0.39 is 0 Å². The van der Waals surface area contributed by atoms with Gasteiger partial charge < -0.3 is 5.32 Å². The molecule has 1 heterocycles. The van der Waals surface area contributed by atoms with E-state index in [1.165, 1.54) is 19.3 Å². The summed E-state index contributed by atoms with van der Waals surface area (Å²) < 4.78 is 0. The Kier molecular flexibility index (Phi) is 2.68. The zero-order chi connectivity index (χ0) is 9.97. The average molecular weight is 206 g/mol. The first kappa shape index (κ1) is 9.46. The van der Waals surface area contributed by atoms with E-state index >= 15 is 0 Å². The third-order valence-corrected chi connectivity index (χ3v) is 3.49. The standard InChI is InChI=1S/C11H14N2S/c1-3-9-10(4-2)14-11(13-9)12-8-6-5-7-8/h3-4,8H,1-2,5-7H2,(H,12,13). The van der Waals surface area contributed by atoms with Crippen LogP contribution >= 0.6 is 11.3 Å². The molecule has 2 nitrogen and oxygen atoms in total. The Labute approximate surface area is 88.4 Å². The fraction of sp³-hybridized carbons (Fsp3) is 0.364. The molecule has 1 aromatic heterocycles. The minimum atomic E-state index is 0.636. The summed E-state index contributed by atoms with van der Waals surface area (Å²) in [5.74, 6) is 0. The molecule has 0 amide bonds. The largest absolute Gasteiger partial charge is 0.359 e. The number of hydrogen-bond donors (Lipinski definition) is 1. The zero-order valence-corrected chi connectivity index (χ0v) is 8.94. The fourth-order valence-electron chi connectivity index (χ4n) is 1.43. The molecule has 0 aromatic carbocycles. The van der Waals surface area contributed by atoms with Gasteiger partial charge in [-0.3, -0.25) is 0 Å². The molecule has 1 fully saturated rings. The van der Waals surface area contributed by atoms with E-state index in [1.54, 1.807) is 17.4 Å². The predicted molar refractivity (Wildman–Crippen MR) is 63.6 cm³/mol. The average Bonchev–Trinajstić information content (AvgIpc) is 2.53. The van der Waals surface area contributed by atoms with Crippen molar-refractivity contribution in [3.05, 3.63) is 23.7 Å². The number of thiazole rings is 1. The molecule has 1 aliphatic rings. The van der Waals surface area contributed by atoms with Crippen LogP contribution in [0.25, 0.3) is 12.2 Å². The van der Waals surface area contributed by atoms with Crippen LogP contribution in [0.3, 0.4) is 0 Å². The van der Waals surface area contributed by atoms with E-state index in [9.17, 15) is 0 Å². The van der Waals surface area contributed by atoms with Gasteiger partial charge in [0.25, 0.3) is 0 Å². The van der Waals surface area contributed by atoms with Crippen LogP contribution in [0.2, 0.25) is 0 Å². The van der Waals surface area contributed by atoms with Crippen molar-refractivity contribution in [2.24, 2.45) is 0 Å². The molecule has 3 heteroatoms. The summed E-state index contributed by atoms with van der Waals surface area (Å²) in [4.78, 5) is 5.54. The molecule has 1 saturated carbocycles. The van der Waals surface area contributed by atoms with Gasteiger partial charge in [0.15, 0.2) is 5.13 Å². The monoisotopic (exact) mass is 206 g/mol. The minimum Gasteiger partial charge on any atom is -0.359 e. The van der Waals surface area contributed by atoms with E-state index in [2.05, 4.69) is 23.5 Å². The van der Waals surface area contributed by atoms with Gasteiger partial charge in [0.1, 0.15) is 0 Å². The highest BCUT2D eigenvalue weighted by Gasteiger charge is 2.18. The lowest BCUT2D eigenvalue weighted by Gasteiger charge is -2.25. The highest BCUT2D eigenvalue weighted by atomic mass is 32.1. The summed E-state index contributed by atoms with van der Waals surface area (Å²) in [6, 6.07) is 0.636. The molecule has 0 spiro atoms. The lowest BCUT2D eigenvalue weighted by Crippen LogP contribution is -2.26. The Bertz CT molecular complexity index is 325. The Hall–Kier alpha value is -1.09. The molecule has 0 radical (unpaired) electrons. The lowest BCUT2D eigenvalue weighted by molar-refractivity contribution is 0.445. The molecule has 1 aromatic rings. The fourth-order valence-corrected chi connectivity index (χ4v) is 2.32. The van der Waals surface area contributed by atoms with E-state index in [4.69, 9.17) is 0 Å². The second-order valence-electron chi connectivity index (χ2n) is 3.45. The summed E-state index contributed by atoms with van der Waals surface area (Å²) in [6.45, 7) is 7.50. The Morgan fingerprint density at radius 1 is 1.36 bits per heavy atom. The third kappa shape index (κ3) is 1.73. The Balaban J connectivity index is 2.13. The molecule has 0 aliphatic heterocycles. The van der Waals surface area contributed by atoms with Gasteiger partial charge in [0, 0.05) is 6.04 Å². The molecule has 2 rings (SSSR count). The van der Waals surface area contributed by atoms with Gasteiger partial charge in [-0.1, -0.05) is 24.5 Å². The first-order valence-electron chi connectivity index (χ1n) is 4.85. The molecular formula is C11H14N2S. The Morgan fingerprint density at radius 3 is 2.57 bits per heavy atom. The van der Waals surface area contributed by atoms with E-state index in [0.29, 0.717) is 6.04 Å². The predicted octanol–water partition coefficient (Wildman–Crippen LogP) is 3.39. The number of hydrogen-bond acceptors (Lipinski definition) is 3. The van der Waals surface area contributed by atoms with Gasteiger partial charge in [-0.05, 0) is 31.4 Å². The van der Waals surface area contributed by atoms with Crippen molar-refractivity contribution < 1.29 is 0 Å². The second-order valence-corrected chi connectivity index (χ2v) is 4.48. The first-order valence-corrected chi connectivity index (χ1v) is 5.67. The Morgan fingerprint density at radius 2 is 2.14 bits per heavy atom. The van der Waals surface area contributed by atoms with Gasteiger partial charge >= 0.3 is 0 Å². The molecule has 14 heavy (non-hydrogen) atoms. The van der Waals surface area contributed by atoms with Crippen LogP contribution < -0.4 is 5.32 Å². The smallest absolute Gasteiger partial charge is 0.184 e. The molecule has 1 aliphatic carbocycles. The third-order valence-electron chi connectivity index (χ3n) is 2.49. The van der Waals surface area contributed by atoms with Crippen LogP contribution in [0.15, 0.2) is 13.2 Å². The van der Waals surface area contributed by atoms with Crippen LogP contribution in [-0.4, -0.2) is 11.0 Å². The molecule has 0 saturated heterocycles. The maximum Gasteiger partial charge on any atom is 0.184 e. The van der Waals surface area contributed by atoms with Crippen molar-refractivity contribution >= 4 is 28.6 Å². The van der Waals surface area contributed by atoms with Gasteiger partial charge in [-0.15, -0.1) is 0 Å². The van der Waals surface area contributed by atoms with E-state index in [0.717, 1.165) is 15.7 Å². The van der Waals surface area contributed by atoms with Crippen molar-refractivity contribution in [2.75, 3.05) is 5.32 Å². The number of aromatic nitrogens is 1. The van der Waals surface area contributed by atoms with Crippen molar-refractivity contribution in [1.82, 2.24) is 4.98 Å². The summed E-state index contributed by atoms with van der Waals surface area (Å²) in [5.41, 5.74) is 0.937. The molecule has 0 atom stereocenters. The molecule has 0 unspecified atom stereocenters. The summed E-state index contributed by atoms with van der Waals surface area (Å²) >= 11 is 1.65. The van der Waals surface area contributed by atoms with Crippen LogP contribution in [0.1, 0.15) is 29.8 Å². The lowest BCUT2D eigenvalue weighted by atomic mass is 9.93. The highest BCUT2D eigenvalue weighted by Crippen LogP contribution is 2.29. The molecule has 74 valence electrons. The summed E-state index contributed by atoms with van der Waals surface area (Å²) in [5, 5.41) is 4.42. The number of nitrogens with one attached hydrogen (secondary N) is 1. The maximum atomic E-state index is 4.44. The van der Waals surface area contributed by atoms with E-state index in [1.807, 2.05) is 6.08 Å². The zero-order valence-electron chi connectivity index (χ0n) is 8.12. The minimum absolute atomic E-state index is 0.636. The van der Waals surface area contributed by atoms with Crippen molar-refractivity contribution in [2.45, 2.75) is 25.3 Å². The molecular weight excluding hydrogens is 192 g/mol. The van der Waals surface area contributed by atoms with E-state index in [-0.39, 0.29) is 0 Å². The SMILES string of the molecule is C=Cc1nc(NC2CCC2)sc1C=C.